The predicted molar refractivity (Wildman–Crippen MR) is 84.0 cm³/mol. The maximum atomic E-state index is 13.3. The summed E-state index contributed by atoms with van der Waals surface area (Å²) in [6.45, 7) is 4.31. The summed E-state index contributed by atoms with van der Waals surface area (Å²) in [6.07, 6.45) is 2.05. The SMILES string of the molecule is CCN1CCCC1CNS(=O)(=O)c1cc(N)c(F)cc1Br. The van der Waals surface area contributed by atoms with Crippen LogP contribution in [0.1, 0.15) is 19.8 Å². The third-order valence-corrected chi connectivity index (χ3v) is 6.14. The zero-order valence-corrected chi connectivity index (χ0v) is 14.2. The molecule has 118 valence electrons. The fourth-order valence-electron chi connectivity index (χ4n) is 2.58. The van der Waals surface area contributed by atoms with Gasteiger partial charge >= 0.3 is 0 Å². The van der Waals surface area contributed by atoms with Crippen LogP contribution in [0.2, 0.25) is 0 Å². The largest absolute Gasteiger partial charge is 0.396 e. The van der Waals surface area contributed by atoms with Gasteiger partial charge in [-0.25, -0.2) is 17.5 Å². The number of rotatable bonds is 5. The minimum Gasteiger partial charge on any atom is -0.396 e. The molecule has 1 aromatic rings. The van der Waals surface area contributed by atoms with Gasteiger partial charge in [0.15, 0.2) is 0 Å². The van der Waals surface area contributed by atoms with Crippen LogP contribution < -0.4 is 10.5 Å². The lowest BCUT2D eigenvalue weighted by molar-refractivity contribution is 0.268. The van der Waals surface area contributed by atoms with Gasteiger partial charge in [-0.15, -0.1) is 0 Å². The van der Waals surface area contributed by atoms with Crippen LogP contribution >= 0.6 is 15.9 Å². The maximum absolute atomic E-state index is 13.3. The highest BCUT2D eigenvalue weighted by molar-refractivity contribution is 9.10. The lowest BCUT2D eigenvalue weighted by Gasteiger charge is -2.23. The zero-order chi connectivity index (χ0) is 15.6. The summed E-state index contributed by atoms with van der Waals surface area (Å²) >= 11 is 3.07. The van der Waals surface area contributed by atoms with Crippen molar-refractivity contribution in [2.24, 2.45) is 0 Å². The van der Waals surface area contributed by atoms with Gasteiger partial charge in [-0.05, 0) is 54.0 Å². The maximum Gasteiger partial charge on any atom is 0.241 e. The molecular weight excluding hydrogens is 361 g/mol. The molecule has 1 aliphatic heterocycles. The molecule has 0 aliphatic carbocycles. The van der Waals surface area contributed by atoms with E-state index < -0.39 is 15.8 Å². The molecule has 1 fully saturated rings. The number of benzene rings is 1. The molecule has 1 unspecified atom stereocenters. The molecule has 0 spiro atoms. The van der Waals surface area contributed by atoms with Crippen LogP contribution in [-0.4, -0.2) is 39.0 Å². The summed E-state index contributed by atoms with van der Waals surface area (Å²) in [6, 6.07) is 2.41. The van der Waals surface area contributed by atoms with E-state index in [0.29, 0.717) is 6.54 Å². The molecule has 1 saturated heterocycles. The number of halogens is 2. The Bertz CT molecular complexity index is 624. The van der Waals surface area contributed by atoms with Gasteiger partial charge in [0, 0.05) is 17.1 Å². The number of nitrogens with two attached hydrogens (primary N) is 1. The Morgan fingerprint density at radius 3 is 2.90 bits per heavy atom. The van der Waals surface area contributed by atoms with Crippen molar-refractivity contribution < 1.29 is 12.8 Å². The van der Waals surface area contributed by atoms with Gasteiger partial charge in [-0.3, -0.25) is 4.90 Å². The molecule has 8 heteroatoms. The molecule has 0 saturated carbocycles. The standard InChI is InChI=1S/C13H19BrFN3O2S/c1-2-18-5-3-4-9(18)8-17-21(19,20)13-7-12(16)11(15)6-10(13)14/h6-7,9,17H,2-5,8,16H2,1H3. The van der Waals surface area contributed by atoms with Crippen molar-refractivity contribution in [2.75, 3.05) is 25.4 Å². The number of anilines is 1. The van der Waals surface area contributed by atoms with E-state index in [1.54, 1.807) is 0 Å². The molecule has 21 heavy (non-hydrogen) atoms. The monoisotopic (exact) mass is 379 g/mol. The van der Waals surface area contributed by atoms with Crippen LogP contribution in [0.25, 0.3) is 0 Å². The molecule has 0 radical (unpaired) electrons. The Morgan fingerprint density at radius 1 is 1.52 bits per heavy atom. The molecular formula is C13H19BrFN3O2S. The van der Waals surface area contributed by atoms with E-state index in [1.807, 2.05) is 0 Å². The number of nitrogens with zero attached hydrogens (tertiary/aromatic N) is 1. The van der Waals surface area contributed by atoms with Gasteiger partial charge in [0.1, 0.15) is 5.82 Å². The highest BCUT2D eigenvalue weighted by Gasteiger charge is 2.26. The number of nitrogens with one attached hydrogen (secondary N) is 1. The van der Waals surface area contributed by atoms with Crippen LogP contribution in [0.15, 0.2) is 21.5 Å². The molecule has 0 aromatic heterocycles. The van der Waals surface area contributed by atoms with Crippen molar-refractivity contribution in [1.82, 2.24) is 9.62 Å². The van der Waals surface area contributed by atoms with Crippen LogP contribution in [0, 0.1) is 5.82 Å². The van der Waals surface area contributed by atoms with E-state index in [0.717, 1.165) is 38.1 Å². The van der Waals surface area contributed by atoms with Gasteiger partial charge in [-0.2, -0.15) is 0 Å². The topological polar surface area (TPSA) is 75.4 Å². The summed E-state index contributed by atoms with van der Waals surface area (Å²) in [4.78, 5) is 2.21. The van der Waals surface area contributed by atoms with Gasteiger partial charge < -0.3 is 5.73 Å². The summed E-state index contributed by atoms with van der Waals surface area (Å²) in [5, 5.41) is 0. The summed E-state index contributed by atoms with van der Waals surface area (Å²) in [7, 11) is -3.72. The zero-order valence-electron chi connectivity index (χ0n) is 11.8. The third kappa shape index (κ3) is 3.74. The fourth-order valence-corrected chi connectivity index (χ4v) is 4.70. The quantitative estimate of drug-likeness (QED) is 0.766. The van der Waals surface area contributed by atoms with Crippen LogP contribution in [-0.2, 0) is 10.0 Å². The summed E-state index contributed by atoms with van der Waals surface area (Å²) in [5.74, 6) is -0.645. The Hall–Kier alpha value is -0.700. The minimum atomic E-state index is -3.72. The first-order valence-electron chi connectivity index (χ1n) is 6.83. The Labute approximate surface area is 132 Å². The first kappa shape index (κ1) is 16.7. The third-order valence-electron chi connectivity index (χ3n) is 3.75. The van der Waals surface area contributed by atoms with E-state index in [-0.39, 0.29) is 21.1 Å². The molecule has 0 amide bonds. The fraction of sp³-hybridized carbons (Fsp3) is 0.538. The number of hydrogen-bond acceptors (Lipinski definition) is 4. The van der Waals surface area contributed by atoms with Crippen molar-refractivity contribution in [3.05, 3.63) is 22.4 Å². The van der Waals surface area contributed by atoms with Gasteiger partial charge in [0.25, 0.3) is 0 Å². The van der Waals surface area contributed by atoms with E-state index >= 15 is 0 Å². The van der Waals surface area contributed by atoms with Crippen molar-refractivity contribution in [2.45, 2.75) is 30.7 Å². The highest BCUT2D eigenvalue weighted by Crippen LogP contribution is 2.27. The predicted octanol–water partition coefficient (Wildman–Crippen LogP) is 1.93. The van der Waals surface area contributed by atoms with Crippen LogP contribution in [0.5, 0.6) is 0 Å². The van der Waals surface area contributed by atoms with Gasteiger partial charge in [0.05, 0.1) is 10.6 Å². The molecule has 2 rings (SSSR count). The Kier molecular flexibility index (Phi) is 5.24. The molecule has 1 atom stereocenters. The molecule has 1 heterocycles. The van der Waals surface area contributed by atoms with Gasteiger partial charge in [-0.1, -0.05) is 6.92 Å². The smallest absolute Gasteiger partial charge is 0.241 e. The van der Waals surface area contributed by atoms with Crippen LogP contribution in [0.4, 0.5) is 10.1 Å². The van der Waals surface area contributed by atoms with Crippen molar-refractivity contribution >= 4 is 31.6 Å². The average molecular weight is 380 g/mol. The van der Waals surface area contributed by atoms with Crippen molar-refractivity contribution in [3.8, 4) is 0 Å². The first-order valence-corrected chi connectivity index (χ1v) is 9.11. The van der Waals surface area contributed by atoms with E-state index in [1.165, 1.54) is 0 Å². The van der Waals surface area contributed by atoms with Crippen molar-refractivity contribution in [3.63, 3.8) is 0 Å². The summed E-state index contributed by atoms with van der Waals surface area (Å²) in [5.41, 5.74) is 5.27. The summed E-state index contributed by atoms with van der Waals surface area (Å²) < 4.78 is 40.7. The Balaban J connectivity index is 2.14. The van der Waals surface area contributed by atoms with E-state index in [2.05, 4.69) is 32.5 Å². The van der Waals surface area contributed by atoms with Crippen LogP contribution in [0.3, 0.4) is 0 Å². The number of likely N-dealkylation sites (tertiary alicyclic amines) is 1. The lowest BCUT2D eigenvalue weighted by atomic mass is 10.2. The number of nitrogen functional groups attached to an aromatic ring is 1. The first-order chi connectivity index (χ1) is 9.85. The lowest BCUT2D eigenvalue weighted by Crippen LogP contribution is -2.40. The second kappa shape index (κ2) is 6.60. The molecule has 1 aliphatic rings. The number of likely N-dealkylation sites (N-methyl/N-ethyl adjacent to an activating group) is 1. The average Bonchev–Trinajstić information content (AvgIpc) is 2.88. The van der Waals surface area contributed by atoms with E-state index in [9.17, 15) is 12.8 Å². The minimum absolute atomic E-state index is 0.0394. The molecule has 0 bridgehead atoms. The second-order valence-electron chi connectivity index (χ2n) is 5.08. The van der Waals surface area contributed by atoms with Crippen molar-refractivity contribution in [1.29, 1.82) is 0 Å². The highest BCUT2D eigenvalue weighted by atomic mass is 79.9. The molecule has 3 N–H and O–H groups in total. The second-order valence-corrected chi connectivity index (χ2v) is 7.67. The normalized spacial score (nSPS) is 20.0. The number of hydrogen-bond donors (Lipinski definition) is 2. The van der Waals surface area contributed by atoms with E-state index in [4.69, 9.17) is 5.73 Å². The molecule has 5 nitrogen and oxygen atoms in total. The Morgan fingerprint density at radius 2 is 2.24 bits per heavy atom. The molecule has 1 aromatic carbocycles. The van der Waals surface area contributed by atoms with Gasteiger partial charge in [0.2, 0.25) is 10.0 Å². The number of sulfonamides is 1.